The first-order valence-electron chi connectivity index (χ1n) is 2.75. The molecule has 1 heterocycles. The quantitative estimate of drug-likeness (QED) is 0.576. The van der Waals surface area contributed by atoms with Crippen LogP contribution in [0.5, 0.6) is 0 Å². The van der Waals surface area contributed by atoms with E-state index in [0.29, 0.717) is 12.5 Å². The van der Waals surface area contributed by atoms with E-state index in [1.807, 2.05) is 11.8 Å². The molecule has 1 unspecified atom stereocenters. The zero-order chi connectivity index (χ0) is 5.98. The maximum atomic E-state index is 8.63. The molecule has 0 amide bonds. The van der Waals surface area contributed by atoms with Crippen molar-refractivity contribution in [1.29, 1.82) is 0 Å². The van der Waals surface area contributed by atoms with Gasteiger partial charge in [-0.2, -0.15) is 0 Å². The van der Waals surface area contributed by atoms with Gasteiger partial charge in [-0.05, 0) is 11.8 Å². The molecule has 1 N–H and O–H groups in total. The van der Waals surface area contributed by atoms with E-state index in [-0.39, 0.29) is 0 Å². The van der Waals surface area contributed by atoms with E-state index in [0.717, 1.165) is 5.75 Å². The Hall–Kier alpha value is 0.0500. The van der Waals surface area contributed by atoms with Crippen LogP contribution in [0.2, 0.25) is 0 Å². The zero-order valence-corrected chi connectivity index (χ0v) is 5.74. The van der Waals surface area contributed by atoms with Crippen LogP contribution in [0.25, 0.3) is 0 Å². The molecule has 1 atom stereocenters. The standard InChI is InChI=1S/C6H10OS/c1-5-2-6(3-7)4-8-5/h2,6-7H,3-4H2,1H3. The van der Waals surface area contributed by atoms with Crippen LogP contribution < -0.4 is 0 Å². The number of hydrogen-bond acceptors (Lipinski definition) is 2. The Morgan fingerprint density at radius 3 is 3.00 bits per heavy atom. The third kappa shape index (κ3) is 1.26. The molecule has 0 saturated carbocycles. The Balaban J connectivity index is 2.41. The maximum absolute atomic E-state index is 8.63. The summed E-state index contributed by atoms with van der Waals surface area (Å²) in [6.07, 6.45) is 2.13. The first kappa shape index (κ1) is 6.17. The third-order valence-corrected chi connectivity index (χ3v) is 2.42. The van der Waals surface area contributed by atoms with E-state index in [9.17, 15) is 0 Å². The van der Waals surface area contributed by atoms with Crippen molar-refractivity contribution in [3.63, 3.8) is 0 Å². The van der Waals surface area contributed by atoms with Gasteiger partial charge in [-0.3, -0.25) is 0 Å². The van der Waals surface area contributed by atoms with E-state index in [4.69, 9.17) is 5.11 Å². The minimum absolute atomic E-state index is 0.310. The molecule has 1 nitrogen and oxygen atoms in total. The Morgan fingerprint density at radius 2 is 2.75 bits per heavy atom. The van der Waals surface area contributed by atoms with Crippen molar-refractivity contribution in [2.75, 3.05) is 12.4 Å². The molecule has 1 aliphatic rings. The minimum atomic E-state index is 0.310. The molecule has 0 saturated heterocycles. The molecule has 1 aliphatic heterocycles. The highest BCUT2D eigenvalue weighted by atomic mass is 32.2. The van der Waals surface area contributed by atoms with Crippen LogP contribution >= 0.6 is 11.8 Å². The van der Waals surface area contributed by atoms with E-state index in [1.165, 1.54) is 4.91 Å². The van der Waals surface area contributed by atoms with Crippen LogP contribution in [0.15, 0.2) is 11.0 Å². The normalized spacial score (nSPS) is 28.2. The topological polar surface area (TPSA) is 20.2 Å². The fraction of sp³-hybridized carbons (Fsp3) is 0.667. The average Bonchev–Trinajstić information content (AvgIpc) is 2.14. The van der Waals surface area contributed by atoms with Crippen molar-refractivity contribution < 1.29 is 5.11 Å². The molecule has 1 rings (SSSR count). The van der Waals surface area contributed by atoms with Gasteiger partial charge in [0.2, 0.25) is 0 Å². The highest BCUT2D eigenvalue weighted by molar-refractivity contribution is 8.03. The van der Waals surface area contributed by atoms with Crippen molar-refractivity contribution in [2.24, 2.45) is 5.92 Å². The van der Waals surface area contributed by atoms with Gasteiger partial charge in [0.1, 0.15) is 0 Å². The van der Waals surface area contributed by atoms with Gasteiger partial charge >= 0.3 is 0 Å². The van der Waals surface area contributed by atoms with E-state index in [1.54, 1.807) is 0 Å². The molecule has 0 radical (unpaired) electrons. The Morgan fingerprint density at radius 1 is 2.00 bits per heavy atom. The van der Waals surface area contributed by atoms with Gasteiger partial charge in [-0.1, -0.05) is 6.08 Å². The second-order valence-corrected chi connectivity index (χ2v) is 3.30. The van der Waals surface area contributed by atoms with Crippen LogP contribution in [0.4, 0.5) is 0 Å². The van der Waals surface area contributed by atoms with Crippen LogP contribution in [0, 0.1) is 5.92 Å². The predicted molar refractivity (Wildman–Crippen MR) is 36.8 cm³/mol. The van der Waals surface area contributed by atoms with Crippen LogP contribution in [-0.2, 0) is 0 Å². The highest BCUT2D eigenvalue weighted by Gasteiger charge is 2.11. The van der Waals surface area contributed by atoms with Crippen molar-refractivity contribution in [1.82, 2.24) is 0 Å². The Bertz CT molecular complexity index is 109. The van der Waals surface area contributed by atoms with Gasteiger partial charge in [-0.15, -0.1) is 11.8 Å². The Kier molecular flexibility index (Phi) is 1.97. The van der Waals surface area contributed by atoms with Gasteiger partial charge in [0.25, 0.3) is 0 Å². The van der Waals surface area contributed by atoms with Crippen molar-refractivity contribution in [3.05, 3.63) is 11.0 Å². The molecule has 0 aromatic heterocycles. The summed E-state index contributed by atoms with van der Waals surface area (Å²) in [7, 11) is 0. The summed E-state index contributed by atoms with van der Waals surface area (Å²) in [6, 6.07) is 0. The molecule has 0 spiro atoms. The van der Waals surface area contributed by atoms with Crippen molar-refractivity contribution in [2.45, 2.75) is 6.92 Å². The SMILES string of the molecule is CC1=CC(CO)CS1. The van der Waals surface area contributed by atoms with Gasteiger partial charge in [0, 0.05) is 11.7 Å². The number of aliphatic hydroxyl groups is 1. The Labute approximate surface area is 53.8 Å². The molecule has 0 aliphatic carbocycles. The molecular weight excluding hydrogens is 120 g/mol. The number of thioether (sulfide) groups is 1. The van der Waals surface area contributed by atoms with Crippen molar-refractivity contribution >= 4 is 11.8 Å². The summed E-state index contributed by atoms with van der Waals surface area (Å²) < 4.78 is 0. The maximum Gasteiger partial charge on any atom is 0.0502 e. The lowest BCUT2D eigenvalue weighted by Gasteiger charge is -1.96. The first-order valence-corrected chi connectivity index (χ1v) is 3.73. The number of hydrogen-bond donors (Lipinski definition) is 1. The average molecular weight is 130 g/mol. The summed E-state index contributed by atoms with van der Waals surface area (Å²) >= 11 is 1.83. The van der Waals surface area contributed by atoms with Crippen LogP contribution in [0.1, 0.15) is 6.92 Å². The monoisotopic (exact) mass is 130 g/mol. The summed E-state index contributed by atoms with van der Waals surface area (Å²) in [5, 5.41) is 8.63. The summed E-state index contributed by atoms with van der Waals surface area (Å²) in [4.78, 5) is 1.35. The smallest absolute Gasteiger partial charge is 0.0502 e. The molecule has 46 valence electrons. The van der Waals surface area contributed by atoms with Gasteiger partial charge in [0.15, 0.2) is 0 Å². The molecule has 0 aromatic rings. The summed E-state index contributed by atoms with van der Waals surface area (Å²) in [5.41, 5.74) is 0. The number of aliphatic hydroxyl groups excluding tert-OH is 1. The van der Waals surface area contributed by atoms with Gasteiger partial charge in [0.05, 0.1) is 6.61 Å². The molecular formula is C6H10OS. The molecule has 0 bridgehead atoms. The van der Waals surface area contributed by atoms with Gasteiger partial charge in [-0.25, -0.2) is 0 Å². The second-order valence-electron chi connectivity index (χ2n) is 2.03. The molecule has 0 aromatic carbocycles. The lowest BCUT2D eigenvalue weighted by Crippen LogP contribution is -2.00. The third-order valence-electron chi connectivity index (χ3n) is 1.23. The number of rotatable bonds is 1. The minimum Gasteiger partial charge on any atom is -0.396 e. The molecule has 0 fully saturated rings. The highest BCUT2D eigenvalue weighted by Crippen LogP contribution is 2.27. The number of allylic oxidation sites excluding steroid dienone is 1. The largest absolute Gasteiger partial charge is 0.396 e. The van der Waals surface area contributed by atoms with E-state index < -0.39 is 0 Å². The van der Waals surface area contributed by atoms with Gasteiger partial charge < -0.3 is 5.11 Å². The lowest BCUT2D eigenvalue weighted by atomic mass is 10.2. The fourth-order valence-corrected chi connectivity index (χ4v) is 1.74. The van der Waals surface area contributed by atoms with E-state index in [2.05, 4.69) is 13.0 Å². The van der Waals surface area contributed by atoms with Crippen molar-refractivity contribution in [3.8, 4) is 0 Å². The lowest BCUT2D eigenvalue weighted by molar-refractivity contribution is 0.265. The molecule has 2 heteroatoms. The van der Waals surface area contributed by atoms with Crippen LogP contribution in [0.3, 0.4) is 0 Å². The van der Waals surface area contributed by atoms with E-state index >= 15 is 0 Å². The molecule has 8 heavy (non-hydrogen) atoms. The fourth-order valence-electron chi connectivity index (χ4n) is 0.772. The van der Waals surface area contributed by atoms with Crippen LogP contribution in [-0.4, -0.2) is 17.5 Å². The summed E-state index contributed by atoms with van der Waals surface area (Å²) in [5.74, 6) is 1.50. The predicted octanol–water partition coefficient (Wildman–Crippen LogP) is 1.25. The first-order chi connectivity index (χ1) is 3.83. The zero-order valence-electron chi connectivity index (χ0n) is 4.92. The second kappa shape index (κ2) is 2.55. The summed E-state index contributed by atoms with van der Waals surface area (Å²) in [6.45, 7) is 2.39.